The number of nitrogens with zero attached hydrogens (tertiary/aromatic N) is 1. The van der Waals surface area contributed by atoms with Crippen molar-refractivity contribution in [1.82, 2.24) is 10.3 Å². The van der Waals surface area contributed by atoms with Gasteiger partial charge in [0.05, 0.1) is 0 Å². The van der Waals surface area contributed by atoms with Gasteiger partial charge in [-0.25, -0.2) is 0 Å². The van der Waals surface area contributed by atoms with E-state index in [1.807, 2.05) is 54.6 Å². The maximum absolute atomic E-state index is 12.3. The van der Waals surface area contributed by atoms with Crippen LogP contribution in [0.4, 0.5) is 0 Å². The van der Waals surface area contributed by atoms with E-state index in [0.29, 0.717) is 24.5 Å². The number of aromatic nitrogens is 1. The molecular weight excluding hydrogens is 300 g/mol. The molecule has 1 N–H and O–H groups in total. The summed E-state index contributed by atoms with van der Waals surface area (Å²) in [6.45, 7) is 0.944. The van der Waals surface area contributed by atoms with E-state index < -0.39 is 0 Å². The first-order valence-corrected chi connectivity index (χ1v) is 7.75. The highest BCUT2D eigenvalue weighted by atomic mass is 16.5. The zero-order chi connectivity index (χ0) is 16.6. The van der Waals surface area contributed by atoms with Crippen molar-refractivity contribution in [3.63, 3.8) is 0 Å². The second kappa shape index (κ2) is 7.92. The van der Waals surface area contributed by atoms with Crippen LogP contribution >= 0.6 is 0 Å². The molecule has 0 radical (unpaired) electrons. The van der Waals surface area contributed by atoms with Crippen molar-refractivity contribution in [3.8, 4) is 5.75 Å². The molecule has 0 aliphatic heterocycles. The highest BCUT2D eigenvalue weighted by molar-refractivity contribution is 5.94. The number of pyridine rings is 1. The summed E-state index contributed by atoms with van der Waals surface area (Å²) in [7, 11) is 0. The van der Waals surface area contributed by atoms with Crippen molar-refractivity contribution in [2.45, 2.75) is 13.2 Å². The third kappa shape index (κ3) is 4.43. The third-order valence-corrected chi connectivity index (χ3v) is 3.55. The van der Waals surface area contributed by atoms with Crippen LogP contribution in [0.1, 0.15) is 21.5 Å². The van der Waals surface area contributed by atoms with Gasteiger partial charge in [-0.3, -0.25) is 9.78 Å². The molecule has 2 aromatic carbocycles. The second-order valence-corrected chi connectivity index (χ2v) is 5.34. The Morgan fingerprint density at radius 3 is 2.50 bits per heavy atom. The number of ether oxygens (including phenoxy) is 1. The van der Waals surface area contributed by atoms with Crippen LogP contribution in [-0.4, -0.2) is 10.9 Å². The van der Waals surface area contributed by atoms with E-state index >= 15 is 0 Å². The van der Waals surface area contributed by atoms with Crippen molar-refractivity contribution in [1.29, 1.82) is 0 Å². The van der Waals surface area contributed by atoms with Gasteiger partial charge in [0.15, 0.2) is 0 Å². The number of nitrogens with one attached hydrogen (secondary N) is 1. The zero-order valence-corrected chi connectivity index (χ0v) is 13.2. The molecule has 4 nitrogen and oxygen atoms in total. The van der Waals surface area contributed by atoms with Gasteiger partial charge in [0.2, 0.25) is 0 Å². The molecule has 4 heteroatoms. The van der Waals surface area contributed by atoms with Gasteiger partial charge in [-0.15, -0.1) is 0 Å². The first kappa shape index (κ1) is 15.7. The average Bonchev–Trinajstić information content (AvgIpc) is 2.66. The molecule has 3 aromatic rings. The molecule has 24 heavy (non-hydrogen) atoms. The smallest absolute Gasteiger partial charge is 0.251 e. The summed E-state index contributed by atoms with van der Waals surface area (Å²) in [6.07, 6.45) is 3.42. The van der Waals surface area contributed by atoms with Crippen LogP contribution in [0.25, 0.3) is 0 Å². The molecule has 0 saturated heterocycles. The SMILES string of the molecule is O=C(NCc1ccncc1)c1cccc(OCc2ccccc2)c1. The number of benzene rings is 2. The molecule has 1 aromatic heterocycles. The van der Waals surface area contributed by atoms with Crippen molar-refractivity contribution in [2.24, 2.45) is 0 Å². The molecule has 1 heterocycles. The van der Waals surface area contributed by atoms with Crippen LogP contribution in [0.15, 0.2) is 79.1 Å². The molecular formula is C20H18N2O2. The van der Waals surface area contributed by atoms with Gasteiger partial charge in [0.1, 0.15) is 12.4 Å². The van der Waals surface area contributed by atoms with Crippen LogP contribution in [-0.2, 0) is 13.2 Å². The molecule has 0 atom stereocenters. The van der Waals surface area contributed by atoms with Gasteiger partial charge in [0.25, 0.3) is 5.91 Å². The predicted molar refractivity (Wildman–Crippen MR) is 92.6 cm³/mol. The molecule has 0 saturated carbocycles. The summed E-state index contributed by atoms with van der Waals surface area (Å²) < 4.78 is 5.76. The lowest BCUT2D eigenvalue weighted by molar-refractivity contribution is 0.0950. The fourth-order valence-corrected chi connectivity index (χ4v) is 2.25. The van der Waals surface area contributed by atoms with Gasteiger partial charge in [-0.1, -0.05) is 36.4 Å². The maximum atomic E-state index is 12.3. The summed E-state index contributed by atoms with van der Waals surface area (Å²) in [5.41, 5.74) is 2.68. The summed E-state index contributed by atoms with van der Waals surface area (Å²) in [5.74, 6) is 0.549. The Morgan fingerprint density at radius 1 is 0.917 bits per heavy atom. The molecule has 0 bridgehead atoms. The highest BCUT2D eigenvalue weighted by Crippen LogP contribution is 2.15. The standard InChI is InChI=1S/C20H18N2O2/c23-20(22-14-16-9-11-21-12-10-16)18-7-4-8-19(13-18)24-15-17-5-2-1-3-6-17/h1-13H,14-15H2,(H,22,23). The van der Waals surface area contributed by atoms with Crippen molar-refractivity contribution in [3.05, 3.63) is 95.8 Å². The normalized spacial score (nSPS) is 10.2. The molecule has 0 aliphatic rings. The van der Waals surface area contributed by atoms with Gasteiger partial charge >= 0.3 is 0 Å². The number of amides is 1. The second-order valence-electron chi connectivity index (χ2n) is 5.34. The minimum atomic E-state index is -0.128. The number of hydrogen-bond acceptors (Lipinski definition) is 3. The summed E-state index contributed by atoms with van der Waals surface area (Å²) in [6, 6.07) is 20.9. The summed E-state index contributed by atoms with van der Waals surface area (Å²) >= 11 is 0. The monoisotopic (exact) mass is 318 g/mol. The summed E-state index contributed by atoms with van der Waals surface area (Å²) in [4.78, 5) is 16.2. The van der Waals surface area contributed by atoms with Gasteiger partial charge < -0.3 is 10.1 Å². The average molecular weight is 318 g/mol. The highest BCUT2D eigenvalue weighted by Gasteiger charge is 2.06. The van der Waals surface area contributed by atoms with E-state index in [1.54, 1.807) is 24.5 Å². The topological polar surface area (TPSA) is 51.2 Å². The number of hydrogen-bond donors (Lipinski definition) is 1. The minimum Gasteiger partial charge on any atom is -0.489 e. The molecule has 0 aliphatic carbocycles. The first-order valence-electron chi connectivity index (χ1n) is 7.75. The Kier molecular flexibility index (Phi) is 5.20. The fraction of sp³-hybridized carbons (Fsp3) is 0.100. The first-order chi connectivity index (χ1) is 11.8. The lowest BCUT2D eigenvalue weighted by Gasteiger charge is -2.09. The van der Waals surface area contributed by atoms with E-state index in [1.165, 1.54) is 0 Å². The molecule has 0 fully saturated rings. The summed E-state index contributed by atoms with van der Waals surface area (Å²) in [5, 5.41) is 2.89. The molecule has 1 amide bonds. The van der Waals surface area contributed by atoms with Gasteiger partial charge in [0, 0.05) is 24.5 Å². The zero-order valence-electron chi connectivity index (χ0n) is 13.2. The maximum Gasteiger partial charge on any atom is 0.251 e. The van der Waals surface area contributed by atoms with Crippen molar-refractivity contribution in [2.75, 3.05) is 0 Å². The third-order valence-electron chi connectivity index (χ3n) is 3.55. The number of carbonyl (C=O) groups is 1. The van der Waals surface area contributed by atoms with E-state index in [2.05, 4.69) is 10.3 Å². The van der Waals surface area contributed by atoms with Crippen molar-refractivity contribution < 1.29 is 9.53 Å². The van der Waals surface area contributed by atoms with E-state index in [4.69, 9.17) is 4.74 Å². The van der Waals surface area contributed by atoms with Crippen molar-refractivity contribution >= 4 is 5.91 Å². The Hall–Kier alpha value is -3.14. The quantitative estimate of drug-likeness (QED) is 0.755. The van der Waals surface area contributed by atoms with Crippen LogP contribution in [0.3, 0.4) is 0 Å². The van der Waals surface area contributed by atoms with Crippen LogP contribution < -0.4 is 10.1 Å². The number of carbonyl (C=O) groups excluding carboxylic acids is 1. The Bertz CT molecular complexity index is 789. The van der Waals surface area contributed by atoms with E-state index in [9.17, 15) is 4.79 Å². The largest absolute Gasteiger partial charge is 0.489 e. The van der Waals surface area contributed by atoms with Gasteiger partial charge in [-0.2, -0.15) is 0 Å². The lowest BCUT2D eigenvalue weighted by Crippen LogP contribution is -2.22. The lowest BCUT2D eigenvalue weighted by atomic mass is 10.2. The molecule has 0 spiro atoms. The van der Waals surface area contributed by atoms with E-state index in [0.717, 1.165) is 11.1 Å². The van der Waals surface area contributed by atoms with Crippen LogP contribution in [0.2, 0.25) is 0 Å². The Labute approximate surface area is 141 Å². The van der Waals surface area contributed by atoms with Crippen LogP contribution in [0, 0.1) is 0 Å². The van der Waals surface area contributed by atoms with Gasteiger partial charge in [-0.05, 0) is 41.5 Å². The Balaban J connectivity index is 1.59. The predicted octanol–water partition coefficient (Wildman–Crippen LogP) is 3.59. The number of rotatable bonds is 6. The Morgan fingerprint density at radius 2 is 1.71 bits per heavy atom. The van der Waals surface area contributed by atoms with E-state index in [-0.39, 0.29) is 5.91 Å². The molecule has 120 valence electrons. The molecule has 0 unspecified atom stereocenters. The minimum absolute atomic E-state index is 0.128. The fourth-order valence-electron chi connectivity index (χ4n) is 2.25. The molecule has 3 rings (SSSR count). The van der Waals surface area contributed by atoms with Crippen LogP contribution in [0.5, 0.6) is 5.75 Å².